The van der Waals surface area contributed by atoms with Gasteiger partial charge in [0.1, 0.15) is 12.1 Å². The molecule has 0 unspecified atom stereocenters. The molecule has 2 saturated carbocycles. The van der Waals surface area contributed by atoms with Crippen molar-refractivity contribution >= 4 is 12.1 Å². The Morgan fingerprint density at radius 1 is 1.00 bits per heavy atom. The van der Waals surface area contributed by atoms with Crippen LogP contribution >= 0.6 is 0 Å². The summed E-state index contributed by atoms with van der Waals surface area (Å²) in [5.41, 5.74) is 1.31. The van der Waals surface area contributed by atoms with Gasteiger partial charge in [-0.3, -0.25) is 9.59 Å². The molecule has 0 spiro atoms. The highest BCUT2D eigenvalue weighted by Crippen LogP contribution is 2.23. The second kappa shape index (κ2) is 4.86. The van der Waals surface area contributed by atoms with E-state index in [1.165, 1.54) is 12.0 Å². The van der Waals surface area contributed by atoms with E-state index in [0.717, 1.165) is 38.4 Å². The summed E-state index contributed by atoms with van der Waals surface area (Å²) in [7, 11) is 0. The van der Waals surface area contributed by atoms with E-state index in [1.54, 1.807) is 6.08 Å². The van der Waals surface area contributed by atoms with Gasteiger partial charge >= 0.3 is 0 Å². The van der Waals surface area contributed by atoms with Crippen molar-refractivity contribution in [1.82, 2.24) is 0 Å². The molecular weight excluding hydrogens is 152 g/mol. The molecule has 2 aliphatic rings. The summed E-state index contributed by atoms with van der Waals surface area (Å²) < 4.78 is 0. The first-order valence-electron chi connectivity index (χ1n) is 4.48. The fourth-order valence-corrected chi connectivity index (χ4v) is 0.965. The van der Waals surface area contributed by atoms with Crippen molar-refractivity contribution in [3.63, 3.8) is 0 Å². The number of hydrogen-bond acceptors (Lipinski definition) is 2. The number of Topliss-reactive ketones (excluding diaryl/α,β-unsaturated/α-hetero) is 1. The molecule has 12 heavy (non-hydrogen) atoms. The average Bonchev–Trinajstić information content (AvgIpc) is 1.94. The van der Waals surface area contributed by atoms with Gasteiger partial charge in [0.05, 0.1) is 0 Å². The highest BCUT2D eigenvalue weighted by Gasteiger charge is 2.09. The summed E-state index contributed by atoms with van der Waals surface area (Å²) in [5, 5.41) is 0. The molecule has 2 rings (SSSR count). The normalized spacial score (nSPS) is 19.7. The second-order valence-corrected chi connectivity index (χ2v) is 3.21. The van der Waals surface area contributed by atoms with Crippen LogP contribution in [0, 0.1) is 0 Å². The van der Waals surface area contributed by atoms with E-state index in [-0.39, 0.29) is 0 Å². The molecular formula is C10H14O2. The van der Waals surface area contributed by atoms with Crippen LogP contribution in [-0.4, -0.2) is 12.1 Å². The van der Waals surface area contributed by atoms with Gasteiger partial charge in [-0.1, -0.05) is 5.57 Å². The fraction of sp³-hybridized carbons (Fsp3) is 0.600. The Labute approximate surface area is 72.7 Å². The van der Waals surface area contributed by atoms with Crippen molar-refractivity contribution in [2.45, 2.75) is 38.5 Å². The van der Waals surface area contributed by atoms with Crippen molar-refractivity contribution in [1.29, 1.82) is 0 Å². The maximum atomic E-state index is 9.90. The Hall–Kier alpha value is -0.920. The first kappa shape index (κ1) is 9.17. The lowest BCUT2D eigenvalue weighted by Crippen LogP contribution is -2.07. The average molecular weight is 166 g/mol. The molecule has 0 aromatic heterocycles. The number of hydrogen-bond donors (Lipinski definition) is 0. The van der Waals surface area contributed by atoms with Gasteiger partial charge in [-0.25, -0.2) is 0 Å². The predicted molar refractivity (Wildman–Crippen MR) is 46.9 cm³/mol. The van der Waals surface area contributed by atoms with Crippen LogP contribution in [0.3, 0.4) is 0 Å². The Balaban J connectivity index is 0.000000127. The Morgan fingerprint density at radius 3 is 1.58 bits per heavy atom. The van der Waals surface area contributed by atoms with Crippen molar-refractivity contribution in [2.24, 2.45) is 0 Å². The van der Waals surface area contributed by atoms with Gasteiger partial charge in [-0.15, -0.1) is 0 Å². The van der Waals surface area contributed by atoms with Crippen LogP contribution in [0.2, 0.25) is 0 Å². The summed E-state index contributed by atoms with van der Waals surface area (Å²) >= 11 is 0. The Kier molecular flexibility index (Phi) is 3.71. The van der Waals surface area contributed by atoms with Crippen LogP contribution in [0.4, 0.5) is 0 Å². The Morgan fingerprint density at radius 2 is 1.50 bits per heavy atom. The maximum absolute atomic E-state index is 9.90. The number of aldehydes is 1. The van der Waals surface area contributed by atoms with Crippen LogP contribution in [0.15, 0.2) is 11.6 Å². The molecule has 0 radical (unpaired) electrons. The zero-order valence-electron chi connectivity index (χ0n) is 7.21. The summed E-state index contributed by atoms with van der Waals surface area (Å²) in [6.07, 6.45) is 8.95. The molecule has 0 bridgehead atoms. The monoisotopic (exact) mass is 166 g/mol. The van der Waals surface area contributed by atoms with E-state index in [4.69, 9.17) is 0 Å². The second-order valence-electron chi connectivity index (χ2n) is 3.21. The molecule has 0 N–H and O–H groups in total. The van der Waals surface area contributed by atoms with Crippen LogP contribution < -0.4 is 0 Å². The first-order chi connectivity index (χ1) is 5.83. The molecule has 0 atom stereocenters. The van der Waals surface area contributed by atoms with Gasteiger partial charge in [-0.05, 0) is 31.8 Å². The predicted octanol–water partition coefficient (Wildman–Crippen LogP) is 2.04. The van der Waals surface area contributed by atoms with E-state index < -0.39 is 0 Å². The lowest BCUT2D eigenvalue weighted by Gasteiger charge is -2.13. The highest BCUT2D eigenvalue weighted by molar-refractivity contribution is 5.83. The minimum absolute atomic E-state index is 0.435. The first-order valence-corrected chi connectivity index (χ1v) is 4.48. The Bertz CT molecular complexity index is 192. The molecule has 0 heterocycles. The van der Waals surface area contributed by atoms with Gasteiger partial charge in [0, 0.05) is 12.8 Å². The summed E-state index contributed by atoms with van der Waals surface area (Å²) in [6.45, 7) is 0. The lowest BCUT2D eigenvalue weighted by atomic mass is 9.93. The molecule has 0 aliphatic heterocycles. The smallest absolute Gasteiger partial charge is 0.142 e. The van der Waals surface area contributed by atoms with Crippen molar-refractivity contribution < 1.29 is 9.59 Å². The third kappa shape index (κ3) is 2.99. The SMILES string of the molecule is O=C1CCC1.O=CC=C1CCC1. The highest BCUT2D eigenvalue weighted by atomic mass is 16.1. The number of carbonyl (C=O) groups is 2. The van der Waals surface area contributed by atoms with E-state index in [9.17, 15) is 9.59 Å². The van der Waals surface area contributed by atoms with Crippen molar-refractivity contribution in [2.75, 3.05) is 0 Å². The lowest BCUT2D eigenvalue weighted by molar-refractivity contribution is -0.123. The molecule has 2 heteroatoms. The van der Waals surface area contributed by atoms with Crippen LogP contribution in [0.1, 0.15) is 38.5 Å². The number of allylic oxidation sites excluding steroid dienone is 2. The van der Waals surface area contributed by atoms with E-state index in [0.29, 0.717) is 5.78 Å². The van der Waals surface area contributed by atoms with Crippen molar-refractivity contribution in [3.8, 4) is 0 Å². The maximum Gasteiger partial charge on any atom is 0.142 e. The van der Waals surface area contributed by atoms with Gasteiger partial charge in [0.2, 0.25) is 0 Å². The van der Waals surface area contributed by atoms with Crippen LogP contribution in [-0.2, 0) is 9.59 Å². The molecule has 66 valence electrons. The van der Waals surface area contributed by atoms with E-state index in [2.05, 4.69) is 0 Å². The minimum atomic E-state index is 0.435. The van der Waals surface area contributed by atoms with Gasteiger partial charge in [0.25, 0.3) is 0 Å². The van der Waals surface area contributed by atoms with Crippen LogP contribution in [0.25, 0.3) is 0 Å². The molecule has 0 amide bonds. The van der Waals surface area contributed by atoms with Gasteiger partial charge in [-0.2, -0.15) is 0 Å². The zero-order valence-corrected chi connectivity index (χ0v) is 7.21. The quantitative estimate of drug-likeness (QED) is 0.441. The third-order valence-corrected chi connectivity index (χ3v) is 2.21. The van der Waals surface area contributed by atoms with E-state index >= 15 is 0 Å². The summed E-state index contributed by atoms with van der Waals surface area (Å²) in [5.74, 6) is 0.435. The largest absolute Gasteiger partial charge is 0.300 e. The molecule has 0 aromatic carbocycles. The zero-order chi connectivity index (χ0) is 8.81. The number of ketones is 1. The third-order valence-electron chi connectivity index (χ3n) is 2.21. The molecule has 2 fully saturated rings. The standard InChI is InChI=1S/C6H8O.C4H6O/c7-5-4-6-2-1-3-6;5-4-2-1-3-4/h4-5H,1-3H2;1-3H2. The summed E-state index contributed by atoms with van der Waals surface area (Å²) in [4.78, 5) is 19.6. The van der Waals surface area contributed by atoms with Gasteiger partial charge < -0.3 is 0 Å². The molecule has 0 aromatic rings. The van der Waals surface area contributed by atoms with Gasteiger partial charge in [0.15, 0.2) is 0 Å². The van der Waals surface area contributed by atoms with Crippen molar-refractivity contribution in [3.05, 3.63) is 11.6 Å². The van der Waals surface area contributed by atoms with E-state index in [1.807, 2.05) is 0 Å². The topological polar surface area (TPSA) is 34.1 Å². The minimum Gasteiger partial charge on any atom is -0.300 e. The molecule has 2 nitrogen and oxygen atoms in total. The summed E-state index contributed by atoms with van der Waals surface area (Å²) in [6, 6.07) is 0. The van der Waals surface area contributed by atoms with Crippen LogP contribution in [0.5, 0.6) is 0 Å². The number of carbonyl (C=O) groups excluding carboxylic acids is 2. The molecule has 2 aliphatic carbocycles. The number of rotatable bonds is 1. The fourth-order valence-electron chi connectivity index (χ4n) is 0.965. The molecule has 0 saturated heterocycles.